The third kappa shape index (κ3) is 2.34. The highest BCUT2D eigenvalue weighted by Gasteiger charge is 2.10. The van der Waals surface area contributed by atoms with Gasteiger partial charge in [0.2, 0.25) is 0 Å². The van der Waals surface area contributed by atoms with Gasteiger partial charge < -0.3 is 10.1 Å². The monoisotopic (exact) mass is 336 g/mol. The minimum atomic E-state index is -0.482. The summed E-state index contributed by atoms with van der Waals surface area (Å²) in [6.45, 7) is -0.482. The Morgan fingerprint density at radius 2 is 2.26 bits per heavy atom. The summed E-state index contributed by atoms with van der Waals surface area (Å²) in [5.41, 5.74) is 2.07. The summed E-state index contributed by atoms with van der Waals surface area (Å²) < 4.78 is 1.02. The number of hydrogen-bond acceptors (Lipinski definition) is 4. The summed E-state index contributed by atoms with van der Waals surface area (Å²) in [6, 6.07) is 7.16. The van der Waals surface area contributed by atoms with Gasteiger partial charge in [0, 0.05) is 15.4 Å². The molecular weight excluding hydrogens is 328 g/mol. The number of hydrogen-bond donors (Lipinski definition) is 2. The Morgan fingerprint density at radius 3 is 2.95 bits per heavy atom. The number of aromatic nitrogens is 2. The molecule has 19 heavy (non-hydrogen) atoms. The lowest BCUT2D eigenvalue weighted by Crippen LogP contribution is -2.03. The van der Waals surface area contributed by atoms with Crippen molar-refractivity contribution < 1.29 is 9.90 Å². The molecule has 0 saturated carbocycles. The Hall–Kier alpha value is -1.50. The van der Waals surface area contributed by atoms with Crippen molar-refractivity contribution in [3.63, 3.8) is 0 Å². The maximum absolute atomic E-state index is 11.4. The molecule has 0 aliphatic rings. The number of benzene rings is 1. The summed E-state index contributed by atoms with van der Waals surface area (Å²) in [4.78, 5) is 20.1. The van der Waals surface area contributed by atoms with Gasteiger partial charge in [-0.3, -0.25) is 4.79 Å². The second kappa shape index (κ2) is 4.88. The van der Waals surface area contributed by atoms with Gasteiger partial charge in [0.25, 0.3) is 0 Å². The van der Waals surface area contributed by atoms with Crippen LogP contribution in [0.1, 0.15) is 10.4 Å². The smallest absolute Gasteiger partial charge is 0.188 e. The number of aliphatic hydroxyl groups excluding tert-OH is 1. The van der Waals surface area contributed by atoms with Gasteiger partial charge >= 0.3 is 0 Å². The number of aromatic amines is 1. The van der Waals surface area contributed by atoms with Crippen LogP contribution in [0.5, 0.6) is 0 Å². The third-order valence-corrected chi connectivity index (χ3v) is 4.45. The summed E-state index contributed by atoms with van der Waals surface area (Å²) in [5.74, 6) is 0.483. The van der Waals surface area contributed by atoms with Crippen LogP contribution < -0.4 is 0 Å². The fourth-order valence-corrected chi connectivity index (χ4v) is 3.20. The molecule has 0 aliphatic carbocycles. The van der Waals surface area contributed by atoms with E-state index in [1.165, 1.54) is 0 Å². The molecule has 3 rings (SSSR count). The van der Waals surface area contributed by atoms with E-state index in [9.17, 15) is 4.79 Å². The van der Waals surface area contributed by atoms with Crippen LogP contribution in [0.2, 0.25) is 0 Å². The molecule has 96 valence electrons. The number of H-pyrrole nitrogens is 1. The molecule has 2 heterocycles. The summed E-state index contributed by atoms with van der Waals surface area (Å²) in [6.07, 6.45) is 0. The molecule has 0 radical (unpaired) electrons. The molecule has 0 bridgehead atoms. The van der Waals surface area contributed by atoms with Gasteiger partial charge in [0.1, 0.15) is 12.4 Å². The van der Waals surface area contributed by atoms with E-state index in [2.05, 4.69) is 25.9 Å². The van der Waals surface area contributed by atoms with Crippen LogP contribution in [-0.2, 0) is 0 Å². The van der Waals surface area contributed by atoms with Crippen molar-refractivity contribution in [1.29, 1.82) is 0 Å². The number of rotatable bonds is 3. The van der Waals surface area contributed by atoms with E-state index in [1.54, 1.807) is 29.5 Å². The SMILES string of the molecule is O=C(CO)c1ccc2nc(-c3cc(Br)cs3)[nH]c2c1. The highest BCUT2D eigenvalue weighted by atomic mass is 79.9. The first-order valence-electron chi connectivity index (χ1n) is 5.55. The van der Waals surface area contributed by atoms with E-state index < -0.39 is 6.61 Å². The standard InChI is InChI=1S/C13H9BrN2O2S/c14-8-4-12(19-6-8)13-15-9-2-1-7(11(18)5-17)3-10(9)16-13/h1-4,6,17H,5H2,(H,15,16). The molecule has 2 N–H and O–H groups in total. The molecule has 0 amide bonds. The Morgan fingerprint density at radius 1 is 1.42 bits per heavy atom. The van der Waals surface area contributed by atoms with Gasteiger partial charge in [-0.1, -0.05) is 0 Å². The molecular formula is C13H9BrN2O2S. The number of Topliss-reactive ketones (excluding diaryl/α,β-unsaturated/α-hetero) is 1. The van der Waals surface area contributed by atoms with E-state index in [0.29, 0.717) is 5.56 Å². The number of ketones is 1. The first kappa shape index (κ1) is 12.5. The van der Waals surface area contributed by atoms with Gasteiger partial charge in [0.05, 0.1) is 15.9 Å². The van der Waals surface area contributed by atoms with Crippen molar-refractivity contribution in [2.75, 3.05) is 6.61 Å². The number of carbonyl (C=O) groups is 1. The number of nitrogens with one attached hydrogen (secondary N) is 1. The zero-order valence-corrected chi connectivity index (χ0v) is 12.1. The van der Waals surface area contributed by atoms with Crippen molar-refractivity contribution in [2.45, 2.75) is 0 Å². The van der Waals surface area contributed by atoms with Gasteiger partial charge in [-0.2, -0.15) is 0 Å². The molecule has 0 spiro atoms. The highest BCUT2D eigenvalue weighted by Crippen LogP contribution is 2.29. The maximum atomic E-state index is 11.4. The Labute approximate surface area is 121 Å². The van der Waals surface area contributed by atoms with Crippen LogP contribution in [0, 0.1) is 0 Å². The topological polar surface area (TPSA) is 66.0 Å². The average molecular weight is 337 g/mol. The second-order valence-corrected chi connectivity index (χ2v) is 5.85. The van der Waals surface area contributed by atoms with Crippen LogP contribution in [-0.4, -0.2) is 27.5 Å². The quantitative estimate of drug-likeness (QED) is 0.721. The number of carbonyl (C=O) groups excluding carboxylic acids is 1. The number of aliphatic hydroxyl groups is 1. The van der Waals surface area contributed by atoms with Crippen molar-refractivity contribution in [1.82, 2.24) is 9.97 Å². The summed E-state index contributed by atoms with van der Waals surface area (Å²) >= 11 is 4.99. The minimum Gasteiger partial charge on any atom is -0.388 e. The van der Waals surface area contributed by atoms with Gasteiger partial charge in [-0.15, -0.1) is 11.3 Å². The van der Waals surface area contributed by atoms with E-state index >= 15 is 0 Å². The van der Waals surface area contributed by atoms with Crippen molar-refractivity contribution in [3.8, 4) is 10.7 Å². The second-order valence-electron chi connectivity index (χ2n) is 4.03. The average Bonchev–Trinajstić information content (AvgIpc) is 3.02. The molecule has 2 aromatic heterocycles. The molecule has 0 saturated heterocycles. The molecule has 0 atom stereocenters. The first-order valence-corrected chi connectivity index (χ1v) is 7.23. The van der Waals surface area contributed by atoms with Gasteiger partial charge in [-0.25, -0.2) is 4.98 Å². The van der Waals surface area contributed by atoms with Crippen LogP contribution in [0.15, 0.2) is 34.1 Å². The zero-order chi connectivity index (χ0) is 13.4. The van der Waals surface area contributed by atoms with Crippen molar-refractivity contribution in [3.05, 3.63) is 39.7 Å². The summed E-state index contributed by atoms with van der Waals surface area (Å²) in [5, 5.41) is 10.9. The van der Waals surface area contributed by atoms with Crippen LogP contribution in [0.3, 0.4) is 0 Å². The lowest BCUT2D eigenvalue weighted by molar-refractivity contribution is 0.0904. The minimum absolute atomic E-state index is 0.295. The van der Waals surface area contributed by atoms with Crippen LogP contribution in [0.25, 0.3) is 21.7 Å². The fourth-order valence-electron chi connectivity index (χ4n) is 1.83. The van der Waals surface area contributed by atoms with E-state index in [0.717, 1.165) is 26.2 Å². The van der Waals surface area contributed by atoms with Crippen molar-refractivity contribution in [2.24, 2.45) is 0 Å². The zero-order valence-electron chi connectivity index (χ0n) is 9.68. The van der Waals surface area contributed by atoms with Crippen LogP contribution in [0.4, 0.5) is 0 Å². The number of imidazole rings is 1. The molecule has 0 fully saturated rings. The molecule has 6 heteroatoms. The number of thiophene rings is 1. The van der Waals surface area contributed by atoms with E-state index in [-0.39, 0.29) is 5.78 Å². The van der Waals surface area contributed by atoms with E-state index in [4.69, 9.17) is 5.11 Å². The van der Waals surface area contributed by atoms with Crippen LogP contribution >= 0.6 is 27.3 Å². The number of nitrogens with zero attached hydrogens (tertiary/aromatic N) is 1. The van der Waals surface area contributed by atoms with Gasteiger partial charge in [-0.05, 0) is 40.2 Å². The van der Waals surface area contributed by atoms with E-state index in [1.807, 2.05) is 11.4 Å². The molecule has 3 aromatic rings. The third-order valence-electron chi connectivity index (χ3n) is 2.75. The van der Waals surface area contributed by atoms with Crippen molar-refractivity contribution >= 4 is 44.1 Å². The fraction of sp³-hybridized carbons (Fsp3) is 0.0769. The maximum Gasteiger partial charge on any atom is 0.188 e. The lowest BCUT2D eigenvalue weighted by Gasteiger charge is -1.96. The lowest BCUT2D eigenvalue weighted by atomic mass is 10.1. The number of halogens is 1. The largest absolute Gasteiger partial charge is 0.388 e. The first-order chi connectivity index (χ1) is 9.17. The normalized spacial score (nSPS) is 11.1. The number of fused-ring (bicyclic) bond motifs is 1. The molecule has 0 unspecified atom stereocenters. The predicted molar refractivity (Wildman–Crippen MR) is 78.5 cm³/mol. The molecule has 0 aliphatic heterocycles. The Bertz CT molecular complexity index is 763. The molecule has 1 aromatic carbocycles. The highest BCUT2D eigenvalue weighted by molar-refractivity contribution is 9.10. The summed E-state index contributed by atoms with van der Waals surface area (Å²) in [7, 11) is 0. The molecule has 4 nitrogen and oxygen atoms in total. The Balaban J connectivity index is 2.08. The predicted octanol–water partition coefficient (Wildman–Crippen LogP) is 3.23. The van der Waals surface area contributed by atoms with Gasteiger partial charge in [0.15, 0.2) is 5.78 Å². The Kier molecular flexibility index (Phi) is 3.22.